The second kappa shape index (κ2) is 8.43. The van der Waals surface area contributed by atoms with Crippen LogP contribution in [0.4, 0.5) is 4.39 Å². The first-order valence-electron chi connectivity index (χ1n) is 11.7. The number of aromatic nitrogens is 2. The van der Waals surface area contributed by atoms with Crippen LogP contribution in [0.5, 0.6) is 0 Å². The minimum absolute atomic E-state index is 0.205. The third-order valence-corrected chi connectivity index (χ3v) is 7.23. The van der Waals surface area contributed by atoms with E-state index in [1.165, 1.54) is 23.3 Å². The summed E-state index contributed by atoms with van der Waals surface area (Å²) in [6, 6.07) is 18.9. The van der Waals surface area contributed by atoms with E-state index in [0.29, 0.717) is 17.8 Å². The molecule has 3 aromatic carbocycles. The molecule has 176 valence electrons. The summed E-state index contributed by atoms with van der Waals surface area (Å²) in [5.74, 6) is -0.189. The van der Waals surface area contributed by atoms with Crippen LogP contribution in [0.1, 0.15) is 29.5 Å². The highest BCUT2D eigenvalue weighted by atomic mass is 19.1. The number of nitrogens with zero attached hydrogens (tertiary/aromatic N) is 3. The molecule has 6 nitrogen and oxygen atoms in total. The summed E-state index contributed by atoms with van der Waals surface area (Å²) in [6.45, 7) is 3.64. The SMILES string of the molecule is Cc1cc(-c2nc(-c3ccc4c(c3)CN([C@H]3C[C@H](C(=O)O)C3)C4)no2)ccc1-c1cccc(F)c1. The van der Waals surface area contributed by atoms with Gasteiger partial charge in [-0.1, -0.05) is 35.5 Å². The molecule has 0 amide bonds. The lowest BCUT2D eigenvalue weighted by Crippen LogP contribution is -2.44. The molecule has 2 heterocycles. The molecule has 4 aromatic rings. The summed E-state index contributed by atoms with van der Waals surface area (Å²) in [7, 11) is 0. The Bertz CT molecular complexity index is 1440. The van der Waals surface area contributed by atoms with Gasteiger partial charge in [-0.3, -0.25) is 9.69 Å². The number of carbonyl (C=O) groups is 1. The van der Waals surface area contributed by atoms with Gasteiger partial charge in [-0.2, -0.15) is 4.98 Å². The van der Waals surface area contributed by atoms with Gasteiger partial charge in [-0.25, -0.2) is 4.39 Å². The summed E-state index contributed by atoms with van der Waals surface area (Å²) in [4.78, 5) is 18.1. The average Bonchev–Trinajstić information content (AvgIpc) is 3.44. The van der Waals surface area contributed by atoms with Crippen molar-refractivity contribution in [2.24, 2.45) is 5.92 Å². The predicted molar refractivity (Wildman–Crippen MR) is 129 cm³/mol. The molecule has 35 heavy (non-hydrogen) atoms. The molecule has 6 rings (SSSR count). The molecule has 7 heteroatoms. The van der Waals surface area contributed by atoms with Gasteiger partial charge in [0.25, 0.3) is 5.89 Å². The highest BCUT2D eigenvalue weighted by molar-refractivity contribution is 5.72. The number of aryl methyl sites for hydroxylation is 1. The topological polar surface area (TPSA) is 79.5 Å². The van der Waals surface area contributed by atoms with Crippen LogP contribution in [0.15, 0.2) is 65.2 Å². The molecule has 0 spiro atoms. The molecule has 0 radical (unpaired) electrons. The molecule has 0 unspecified atom stereocenters. The zero-order chi connectivity index (χ0) is 24.1. The highest BCUT2D eigenvalue weighted by Crippen LogP contribution is 2.38. The Morgan fingerprint density at radius 3 is 2.57 bits per heavy atom. The van der Waals surface area contributed by atoms with Crippen LogP contribution in [0.3, 0.4) is 0 Å². The van der Waals surface area contributed by atoms with Crippen molar-refractivity contribution in [3.63, 3.8) is 0 Å². The standard InChI is InChI=1S/C28H24FN3O3/c1-16-9-19(7-8-25(16)17-3-2-4-23(29)11-17)27-30-26(31-35-27)18-5-6-20-14-32(15-22(20)10-18)24-12-21(13-24)28(33)34/h2-11,21,24H,12-15H2,1H3,(H,33,34)/t21-,24-. The van der Waals surface area contributed by atoms with Crippen molar-refractivity contribution in [2.45, 2.75) is 38.9 Å². The summed E-state index contributed by atoms with van der Waals surface area (Å²) in [5, 5.41) is 13.4. The molecular weight excluding hydrogens is 445 g/mol. The van der Waals surface area contributed by atoms with Crippen molar-refractivity contribution in [1.82, 2.24) is 15.0 Å². The monoisotopic (exact) mass is 469 g/mol. The number of hydrogen-bond donors (Lipinski definition) is 1. The van der Waals surface area contributed by atoms with Gasteiger partial charge in [0.2, 0.25) is 5.82 Å². The van der Waals surface area contributed by atoms with Crippen molar-refractivity contribution in [3.8, 4) is 34.0 Å². The van der Waals surface area contributed by atoms with E-state index < -0.39 is 5.97 Å². The first-order chi connectivity index (χ1) is 16.9. The van der Waals surface area contributed by atoms with Crippen LogP contribution in [-0.4, -0.2) is 32.2 Å². The third kappa shape index (κ3) is 4.02. The first kappa shape index (κ1) is 21.7. The maximum atomic E-state index is 13.6. The van der Waals surface area contributed by atoms with Gasteiger partial charge in [0, 0.05) is 30.3 Å². The fraction of sp³-hybridized carbons (Fsp3) is 0.250. The van der Waals surface area contributed by atoms with Gasteiger partial charge < -0.3 is 9.63 Å². The van der Waals surface area contributed by atoms with Crippen molar-refractivity contribution < 1.29 is 18.8 Å². The lowest BCUT2D eigenvalue weighted by molar-refractivity contribution is -0.147. The van der Waals surface area contributed by atoms with E-state index in [1.54, 1.807) is 6.07 Å². The van der Waals surface area contributed by atoms with E-state index in [2.05, 4.69) is 27.2 Å². The van der Waals surface area contributed by atoms with Crippen molar-refractivity contribution in [2.75, 3.05) is 0 Å². The maximum Gasteiger partial charge on any atom is 0.306 e. The van der Waals surface area contributed by atoms with E-state index in [9.17, 15) is 9.18 Å². The number of hydrogen-bond acceptors (Lipinski definition) is 5. The second-order valence-corrected chi connectivity index (χ2v) is 9.51. The van der Waals surface area contributed by atoms with Crippen LogP contribution in [0.25, 0.3) is 34.0 Å². The molecule has 1 saturated carbocycles. The van der Waals surface area contributed by atoms with Gasteiger partial charge in [0.1, 0.15) is 5.82 Å². The van der Waals surface area contributed by atoms with E-state index in [0.717, 1.165) is 53.7 Å². The Balaban J connectivity index is 1.20. The van der Waals surface area contributed by atoms with Gasteiger partial charge in [-0.05, 0) is 77.9 Å². The molecule has 1 aromatic heterocycles. The Kier molecular flexibility index (Phi) is 5.22. The normalized spacial score (nSPS) is 19.4. The number of halogens is 1. The van der Waals surface area contributed by atoms with Gasteiger partial charge in [0.05, 0.1) is 5.92 Å². The largest absolute Gasteiger partial charge is 0.481 e. The fourth-order valence-corrected chi connectivity index (χ4v) is 5.14. The predicted octanol–water partition coefficient (Wildman–Crippen LogP) is 5.70. The molecule has 2 aliphatic rings. The van der Waals surface area contributed by atoms with E-state index in [4.69, 9.17) is 9.63 Å². The molecular formula is C28H24FN3O3. The summed E-state index contributed by atoms with van der Waals surface area (Å²) in [5.41, 5.74) is 6.97. The van der Waals surface area contributed by atoms with Gasteiger partial charge >= 0.3 is 5.97 Å². The van der Waals surface area contributed by atoms with Crippen molar-refractivity contribution in [1.29, 1.82) is 0 Å². The first-order valence-corrected chi connectivity index (χ1v) is 11.7. The van der Waals surface area contributed by atoms with Crippen LogP contribution in [-0.2, 0) is 17.9 Å². The molecule has 1 aliphatic carbocycles. The molecule has 0 saturated heterocycles. The third-order valence-electron chi connectivity index (χ3n) is 7.23. The lowest BCUT2D eigenvalue weighted by Gasteiger charge is -2.39. The van der Waals surface area contributed by atoms with Crippen LogP contribution < -0.4 is 0 Å². The van der Waals surface area contributed by atoms with E-state index >= 15 is 0 Å². The van der Waals surface area contributed by atoms with Crippen molar-refractivity contribution >= 4 is 5.97 Å². The second-order valence-electron chi connectivity index (χ2n) is 9.51. The summed E-state index contributed by atoms with van der Waals surface area (Å²) >= 11 is 0. The Morgan fingerprint density at radius 1 is 1.00 bits per heavy atom. The van der Waals surface area contributed by atoms with E-state index in [-0.39, 0.29) is 11.7 Å². The number of rotatable bonds is 5. The number of aliphatic carboxylic acids is 1. The summed E-state index contributed by atoms with van der Waals surface area (Å²) in [6.07, 6.45) is 1.45. The molecule has 1 aliphatic heterocycles. The maximum absolute atomic E-state index is 13.6. The van der Waals surface area contributed by atoms with Crippen LogP contribution in [0.2, 0.25) is 0 Å². The zero-order valence-corrected chi connectivity index (χ0v) is 19.2. The quantitative estimate of drug-likeness (QED) is 0.404. The average molecular weight is 470 g/mol. The summed E-state index contributed by atoms with van der Waals surface area (Å²) < 4.78 is 19.2. The minimum atomic E-state index is -0.688. The van der Waals surface area contributed by atoms with E-state index in [1.807, 2.05) is 37.3 Å². The molecule has 1 N–H and O–H groups in total. The Hall–Kier alpha value is -3.84. The fourth-order valence-electron chi connectivity index (χ4n) is 5.14. The molecule has 0 bridgehead atoms. The zero-order valence-electron chi connectivity index (χ0n) is 19.2. The van der Waals surface area contributed by atoms with Gasteiger partial charge in [-0.15, -0.1) is 0 Å². The highest BCUT2D eigenvalue weighted by Gasteiger charge is 2.39. The smallest absolute Gasteiger partial charge is 0.306 e. The van der Waals surface area contributed by atoms with Crippen LogP contribution in [0, 0.1) is 18.7 Å². The number of benzene rings is 3. The minimum Gasteiger partial charge on any atom is -0.481 e. The Labute approximate surface area is 202 Å². The van der Waals surface area contributed by atoms with Crippen molar-refractivity contribution in [3.05, 3.63) is 83.2 Å². The van der Waals surface area contributed by atoms with Gasteiger partial charge in [0.15, 0.2) is 0 Å². The van der Waals surface area contributed by atoms with Crippen LogP contribution >= 0.6 is 0 Å². The number of carboxylic acids is 1. The molecule has 0 atom stereocenters. The number of carboxylic acid groups (broad SMARTS) is 1. The Morgan fingerprint density at radius 2 is 1.80 bits per heavy atom. The molecule has 1 fully saturated rings. The number of fused-ring (bicyclic) bond motifs is 1. The lowest BCUT2D eigenvalue weighted by atomic mass is 9.79.